The second-order valence-corrected chi connectivity index (χ2v) is 10.1. The predicted molar refractivity (Wildman–Crippen MR) is 151 cm³/mol. The molecule has 0 aliphatic carbocycles. The number of fused-ring (bicyclic) bond motifs is 1. The normalized spacial score (nSPS) is 17.0. The number of benzene rings is 3. The minimum atomic E-state index is -0.957. The molecular formula is C30H26ClN5O5. The van der Waals surface area contributed by atoms with E-state index in [0.29, 0.717) is 36.0 Å². The molecule has 1 aliphatic heterocycles. The third-order valence-electron chi connectivity index (χ3n) is 7.09. The predicted octanol–water partition coefficient (Wildman–Crippen LogP) is 5.96. The third kappa shape index (κ3) is 6.13. The van der Waals surface area contributed by atoms with E-state index in [-0.39, 0.29) is 37.1 Å². The van der Waals surface area contributed by atoms with Gasteiger partial charge in [-0.1, -0.05) is 65.3 Å². The lowest BCUT2D eigenvalue weighted by Crippen LogP contribution is -2.46. The smallest absolute Gasteiger partial charge is 0.407 e. The van der Waals surface area contributed by atoms with Crippen molar-refractivity contribution in [2.24, 2.45) is 0 Å². The van der Waals surface area contributed by atoms with Crippen LogP contribution in [0.15, 0.2) is 83.6 Å². The van der Waals surface area contributed by atoms with E-state index < -0.39 is 6.09 Å². The Balaban J connectivity index is 1.11. The first-order chi connectivity index (χ1) is 20.0. The van der Waals surface area contributed by atoms with Crippen LogP contribution in [0.3, 0.4) is 0 Å². The number of likely N-dealkylation sites (tertiary alicyclic amines) is 1. The molecular weight excluding hydrogens is 546 g/mol. The van der Waals surface area contributed by atoms with E-state index in [0.717, 1.165) is 21.9 Å². The summed E-state index contributed by atoms with van der Waals surface area (Å²) in [4.78, 5) is 26.1. The number of piperidine rings is 1. The van der Waals surface area contributed by atoms with Gasteiger partial charge in [-0.15, -0.1) is 0 Å². The molecule has 3 heterocycles. The van der Waals surface area contributed by atoms with Gasteiger partial charge in [0.15, 0.2) is 6.61 Å². The highest BCUT2D eigenvalue weighted by molar-refractivity contribution is 6.33. The molecule has 3 aromatic carbocycles. The minimum Gasteiger partial charge on any atom is -0.465 e. The zero-order valence-electron chi connectivity index (χ0n) is 21.9. The number of rotatable bonds is 8. The number of carbonyl (C=O) groups is 1. The van der Waals surface area contributed by atoms with Gasteiger partial charge in [0.2, 0.25) is 5.82 Å². The van der Waals surface area contributed by atoms with Crippen LogP contribution in [0.1, 0.15) is 29.4 Å². The van der Waals surface area contributed by atoms with Crippen LogP contribution in [0.5, 0.6) is 6.01 Å². The Bertz CT molecular complexity index is 1660. The van der Waals surface area contributed by atoms with E-state index in [1.165, 1.54) is 4.90 Å². The first-order valence-corrected chi connectivity index (χ1v) is 13.5. The van der Waals surface area contributed by atoms with Crippen LogP contribution >= 0.6 is 11.6 Å². The Labute approximate surface area is 240 Å². The van der Waals surface area contributed by atoms with Gasteiger partial charge in [0.1, 0.15) is 0 Å². The SMILES string of the molecule is O=C(O)N1CCC(c2cnc(OCc3nc(-c4ccccc4Cl)no3)nc2)C(OCc2ccc3ccccc3c2)C1. The summed E-state index contributed by atoms with van der Waals surface area (Å²) in [6.45, 7) is 1.02. The van der Waals surface area contributed by atoms with Crippen molar-refractivity contribution in [1.82, 2.24) is 25.0 Å². The molecule has 2 atom stereocenters. The van der Waals surface area contributed by atoms with Gasteiger partial charge in [-0.3, -0.25) is 0 Å². The summed E-state index contributed by atoms with van der Waals surface area (Å²) in [6, 6.07) is 21.7. The number of ether oxygens (including phenoxy) is 2. The van der Waals surface area contributed by atoms with Gasteiger partial charge in [-0.25, -0.2) is 14.8 Å². The Morgan fingerprint density at radius 2 is 1.80 bits per heavy atom. The molecule has 1 aliphatic rings. The number of hydrogen-bond acceptors (Lipinski definition) is 8. The molecule has 0 bridgehead atoms. The lowest BCUT2D eigenvalue weighted by molar-refractivity contribution is -0.0200. The molecule has 1 N–H and O–H groups in total. The summed E-state index contributed by atoms with van der Waals surface area (Å²) in [5, 5.41) is 16.4. The quantitative estimate of drug-likeness (QED) is 0.240. The van der Waals surface area contributed by atoms with Gasteiger partial charge in [-0.05, 0) is 46.5 Å². The monoisotopic (exact) mass is 571 g/mol. The first kappa shape index (κ1) is 26.7. The summed E-state index contributed by atoms with van der Waals surface area (Å²) in [5.41, 5.74) is 2.54. The van der Waals surface area contributed by atoms with Crippen LogP contribution in [0.2, 0.25) is 5.02 Å². The van der Waals surface area contributed by atoms with Crippen molar-refractivity contribution in [3.63, 3.8) is 0 Å². The maximum Gasteiger partial charge on any atom is 0.407 e. The van der Waals surface area contributed by atoms with Crippen LogP contribution in [0, 0.1) is 0 Å². The fourth-order valence-electron chi connectivity index (χ4n) is 4.96. The number of hydrogen-bond donors (Lipinski definition) is 1. The summed E-state index contributed by atoms with van der Waals surface area (Å²) < 4.78 is 17.3. The van der Waals surface area contributed by atoms with Crippen LogP contribution in [-0.2, 0) is 18.0 Å². The molecule has 41 heavy (non-hydrogen) atoms. The van der Waals surface area contributed by atoms with Gasteiger partial charge in [0.05, 0.1) is 24.3 Å². The Hall–Kier alpha value is -4.54. The molecule has 0 saturated carbocycles. The Morgan fingerprint density at radius 1 is 1.02 bits per heavy atom. The summed E-state index contributed by atoms with van der Waals surface area (Å²) in [6.07, 6.45) is 2.66. The standard InChI is InChI=1S/C30H26ClN5O5/c31-25-8-4-3-7-24(25)28-34-27(41-35-28)18-40-29-32-14-22(15-33-29)23-11-12-36(30(37)38)16-26(23)39-17-19-9-10-20-5-1-2-6-21(20)13-19/h1-10,13-15,23,26H,11-12,16-18H2,(H,37,38). The molecule has 208 valence electrons. The van der Waals surface area contributed by atoms with Crippen LogP contribution in [0.4, 0.5) is 4.79 Å². The average Bonchev–Trinajstić information content (AvgIpc) is 3.48. The zero-order chi connectivity index (χ0) is 28.2. The molecule has 6 rings (SSSR count). The largest absolute Gasteiger partial charge is 0.465 e. The molecule has 10 nitrogen and oxygen atoms in total. The van der Waals surface area contributed by atoms with Crippen LogP contribution in [-0.4, -0.2) is 55.4 Å². The number of amides is 1. The molecule has 2 unspecified atom stereocenters. The average molecular weight is 572 g/mol. The van der Waals surface area contributed by atoms with Crippen molar-refractivity contribution in [2.45, 2.75) is 31.7 Å². The van der Waals surface area contributed by atoms with E-state index in [4.69, 9.17) is 25.6 Å². The van der Waals surface area contributed by atoms with Gasteiger partial charge < -0.3 is 24.0 Å². The van der Waals surface area contributed by atoms with Gasteiger partial charge in [0, 0.05) is 30.4 Å². The van der Waals surface area contributed by atoms with Crippen LogP contribution in [0.25, 0.3) is 22.2 Å². The van der Waals surface area contributed by atoms with Crippen molar-refractivity contribution in [2.75, 3.05) is 13.1 Å². The van der Waals surface area contributed by atoms with Gasteiger partial charge in [-0.2, -0.15) is 4.98 Å². The fraction of sp³-hybridized carbons (Fsp3) is 0.233. The maximum atomic E-state index is 11.7. The lowest BCUT2D eigenvalue weighted by Gasteiger charge is -2.37. The molecule has 0 radical (unpaired) electrons. The molecule has 1 fully saturated rings. The Kier molecular flexibility index (Phi) is 7.75. The molecule has 1 saturated heterocycles. The van der Waals surface area contributed by atoms with Gasteiger partial charge in [0.25, 0.3) is 5.89 Å². The van der Waals surface area contributed by atoms with E-state index in [1.54, 1.807) is 24.5 Å². The van der Waals surface area contributed by atoms with E-state index in [1.807, 2.05) is 30.3 Å². The summed E-state index contributed by atoms with van der Waals surface area (Å²) in [5.74, 6) is 0.554. The second kappa shape index (κ2) is 11.9. The first-order valence-electron chi connectivity index (χ1n) is 13.1. The van der Waals surface area contributed by atoms with Crippen molar-refractivity contribution in [3.8, 4) is 17.4 Å². The lowest BCUT2D eigenvalue weighted by atomic mass is 9.88. The molecule has 11 heteroatoms. The van der Waals surface area contributed by atoms with E-state index in [2.05, 4.69) is 44.4 Å². The molecule has 5 aromatic rings. The summed E-state index contributed by atoms with van der Waals surface area (Å²) in [7, 11) is 0. The summed E-state index contributed by atoms with van der Waals surface area (Å²) >= 11 is 6.21. The highest BCUT2D eigenvalue weighted by Gasteiger charge is 2.33. The maximum absolute atomic E-state index is 11.7. The minimum absolute atomic E-state index is 0.00864. The third-order valence-corrected chi connectivity index (χ3v) is 7.42. The molecule has 0 spiro atoms. The van der Waals surface area contributed by atoms with Crippen molar-refractivity contribution >= 4 is 28.5 Å². The number of halogens is 1. The van der Waals surface area contributed by atoms with E-state index >= 15 is 0 Å². The molecule has 2 aromatic heterocycles. The van der Waals surface area contributed by atoms with Gasteiger partial charge >= 0.3 is 12.1 Å². The van der Waals surface area contributed by atoms with Crippen molar-refractivity contribution in [1.29, 1.82) is 0 Å². The number of nitrogens with zero attached hydrogens (tertiary/aromatic N) is 5. The second-order valence-electron chi connectivity index (χ2n) is 9.73. The molecule has 1 amide bonds. The van der Waals surface area contributed by atoms with Crippen molar-refractivity contribution < 1.29 is 23.9 Å². The number of carboxylic acid groups (broad SMARTS) is 1. The highest BCUT2D eigenvalue weighted by Crippen LogP contribution is 2.31. The fourth-order valence-corrected chi connectivity index (χ4v) is 5.18. The highest BCUT2D eigenvalue weighted by atomic mass is 35.5. The Morgan fingerprint density at radius 3 is 2.61 bits per heavy atom. The van der Waals surface area contributed by atoms with E-state index in [9.17, 15) is 9.90 Å². The topological polar surface area (TPSA) is 124 Å². The number of aromatic nitrogens is 4. The van der Waals surface area contributed by atoms with Crippen LogP contribution < -0.4 is 4.74 Å². The zero-order valence-corrected chi connectivity index (χ0v) is 22.6. The van der Waals surface area contributed by atoms with Crippen molar-refractivity contribution in [3.05, 3.63) is 101 Å².